The molecule has 0 unspecified atom stereocenters. The van der Waals surface area contributed by atoms with E-state index in [1.807, 2.05) is 24.3 Å². The van der Waals surface area contributed by atoms with Gasteiger partial charge in [0.25, 0.3) is 0 Å². The van der Waals surface area contributed by atoms with E-state index in [2.05, 4.69) is 10.1 Å². The van der Waals surface area contributed by atoms with E-state index in [1.165, 1.54) is 0 Å². The number of primary amides is 1. The normalized spacial score (nSPS) is 17.9. The smallest absolute Gasteiger partial charge is 0.315 e. The van der Waals surface area contributed by atoms with Gasteiger partial charge in [-0.15, -0.1) is 0 Å². The Labute approximate surface area is 103 Å². The number of benzene rings is 1. The van der Waals surface area contributed by atoms with Crippen molar-refractivity contribution < 1.29 is 14.1 Å². The van der Waals surface area contributed by atoms with Crippen LogP contribution in [0.4, 0.5) is 0 Å². The van der Waals surface area contributed by atoms with Crippen molar-refractivity contribution in [2.45, 2.75) is 12.3 Å². The van der Waals surface area contributed by atoms with E-state index in [9.17, 15) is 4.79 Å². The van der Waals surface area contributed by atoms with Gasteiger partial charge in [-0.05, 0) is 12.5 Å². The minimum atomic E-state index is -0.714. The molecule has 2 heterocycles. The molecule has 0 saturated carbocycles. The number of ether oxygens (including phenoxy) is 1. The van der Waals surface area contributed by atoms with E-state index in [-0.39, 0.29) is 11.8 Å². The lowest BCUT2D eigenvalue weighted by atomic mass is 9.92. The third-order valence-corrected chi connectivity index (χ3v) is 2.92. The maximum atomic E-state index is 10.9. The number of aromatic nitrogens is 2. The summed E-state index contributed by atoms with van der Waals surface area (Å²) in [6.07, 6.45) is 0.745. The van der Waals surface area contributed by atoms with Crippen molar-refractivity contribution >= 4 is 5.91 Å². The summed E-state index contributed by atoms with van der Waals surface area (Å²) in [7, 11) is 0. The van der Waals surface area contributed by atoms with Crippen LogP contribution in [0.2, 0.25) is 0 Å². The van der Waals surface area contributed by atoms with Gasteiger partial charge in [0.2, 0.25) is 0 Å². The lowest BCUT2D eigenvalue weighted by Gasteiger charge is -2.23. The summed E-state index contributed by atoms with van der Waals surface area (Å²) in [4.78, 5) is 15.0. The van der Waals surface area contributed by atoms with Crippen LogP contribution in [-0.4, -0.2) is 22.7 Å². The monoisotopic (exact) mass is 245 g/mol. The van der Waals surface area contributed by atoms with Gasteiger partial charge in [0.05, 0.1) is 12.5 Å². The maximum Gasteiger partial charge on any atom is 0.315 e. The minimum Gasteiger partial charge on any atom is -0.493 e. The molecule has 1 aromatic carbocycles. The summed E-state index contributed by atoms with van der Waals surface area (Å²) in [6, 6.07) is 7.69. The molecule has 1 atom stereocenters. The van der Waals surface area contributed by atoms with Gasteiger partial charge in [-0.2, -0.15) is 4.98 Å². The van der Waals surface area contributed by atoms with Crippen molar-refractivity contribution in [2.75, 3.05) is 6.61 Å². The highest BCUT2D eigenvalue weighted by atomic mass is 16.5. The number of hydrogen-bond donors (Lipinski definition) is 1. The Morgan fingerprint density at radius 1 is 1.39 bits per heavy atom. The topological polar surface area (TPSA) is 91.2 Å². The van der Waals surface area contributed by atoms with Gasteiger partial charge in [0, 0.05) is 5.56 Å². The van der Waals surface area contributed by atoms with Crippen molar-refractivity contribution in [3.63, 3.8) is 0 Å². The molecule has 1 amide bonds. The fourth-order valence-electron chi connectivity index (χ4n) is 2.09. The average Bonchev–Trinajstić information content (AvgIpc) is 2.87. The number of carbonyl (C=O) groups excluding carboxylic acids is 1. The van der Waals surface area contributed by atoms with E-state index in [0.717, 1.165) is 17.7 Å². The van der Waals surface area contributed by atoms with Gasteiger partial charge in [-0.25, -0.2) is 0 Å². The number of nitrogens with zero attached hydrogens (tertiary/aromatic N) is 2. The molecular formula is C12H11N3O3. The maximum absolute atomic E-state index is 10.9. The SMILES string of the molecule is NC(=O)c1nc([C@@H]2CCOc3ccccc32)no1. The fraction of sp³-hybridized carbons (Fsp3) is 0.250. The van der Waals surface area contributed by atoms with Gasteiger partial charge in [0.15, 0.2) is 5.82 Å². The third kappa shape index (κ3) is 1.71. The van der Waals surface area contributed by atoms with Gasteiger partial charge in [-0.3, -0.25) is 4.79 Å². The Hall–Kier alpha value is -2.37. The lowest BCUT2D eigenvalue weighted by Crippen LogP contribution is -2.16. The van der Waals surface area contributed by atoms with Crippen molar-refractivity contribution in [2.24, 2.45) is 5.73 Å². The highest BCUT2D eigenvalue weighted by Crippen LogP contribution is 2.36. The van der Waals surface area contributed by atoms with E-state index in [1.54, 1.807) is 0 Å². The van der Waals surface area contributed by atoms with Crippen LogP contribution < -0.4 is 10.5 Å². The Kier molecular flexibility index (Phi) is 2.47. The zero-order valence-electron chi connectivity index (χ0n) is 9.50. The van der Waals surface area contributed by atoms with Crippen LogP contribution in [0.5, 0.6) is 5.75 Å². The van der Waals surface area contributed by atoms with Gasteiger partial charge in [0.1, 0.15) is 5.75 Å². The van der Waals surface area contributed by atoms with Crippen molar-refractivity contribution in [1.29, 1.82) is 0 Å². The minimum absolute atomic E-state index is 0.0215. The molecule has 0 radical (unpaired) electrons. The van der Waals surface area contributed by atoms with Crippen molar-refractivity contribution in [1.82, 2.24) is 10.1 Å². The van der Waals surface area contributed by atoms with Crippen LogP contribution >= 0.6 is 0 Å². The van der Waals surface area contributed by atoms with Crippen LogP contribution in [0, 0.1) is 0 Å². The highest BCUT2D eigenvalue weighted by molar-refractivity contribution is 5.87. The molecule has 0 aliphatic carbocycles. The molecular weight excluding hydrogens is 234 g/mol. The number of rotatable bonds is 2. The molecule has 18 heavy (non-hydrogen) atoms. The zero-order chi connectivity index (χ0) is 12.5. The second-order valence-corrected chi connectivity index (χ2v) is 4.05. The number of fused-ring (bicyclic) bond motifs is 1. The summed E-state index contributed by atoms with van der Waals surface area (Å²) in [6.45, 7) is 0.585. The zero-order valence-corrected chi connectivity index (χ0v) is 9.50. The number of para-hydroxylation sites is 1. The Bertz CT molecular complexity index is 594. The summed E-state index contributed by atoms with van der Waals surface area (Å²) in [5, 5.41) is 3.82. The van der Waals surface area contributed by atoms with Gasteiger partial charge >= 0.3 is 11.8 Å². The highest BCUT2D eigenvalue weighted by Gasteiger charge is 2.27. The molecule has 0 saturated heterocycles. The van der Waals surface area contributed by atoms with E-state index < -0.39 is 5.91 Å². The van der Waals surface area contributed by atoms with Crippen LogP contribution in [0.15, 0.2) is 28.8 Å². The largest absolute Gasteiger partial charge is 0.493 e. The number of hydrogen-bond acceptors (Lipinski definition) is 5. The first-order chi connectivity index (χ1) is 8.75. The second kappa shape index (κ2) is 4.14. The molecule has 1 aromatic heterocycles. The lowest BCUT2D eigenvalue weighted by molar-refractivity contribution is 0.0958. The predicted molar refractivity (Wildman–Crippen MR) is 61.2 cm³/mol. The van der Waals surface area contributed by atoms with Gasteiger partial charge in [-0.1, -0.05) is 23.4 Å². The summed E-state index contributed by atoms with van der Waals surface area (Å²) in [5.41, 5.74) is 6.09. The van der Waals surface area contributed by atoms with Crippen LogP contribution in [-0.2, 0) is 0 Å². The van der Waals surface area contributed by atoms with Crippen LogP contribution in [0.25, 0.3) is 0 Å². The Morgan fingerprint density at radius 2 is 2.22 bits per heavy atom. The molecule has 6 heteroatoms. The van der Waals surface area contributed by atoms with E-state index in [0.29, 0.717) is 12.4 Å². The first-order valence-electron chi connectivity index (χ1n) is 5.61. The number of carbonyl (C=O) groups is 1. The molecule has 2 aromatic rings. The summed E-state index contributed by atoms with van der Waals surface area (Å²) >= 11 is 0. The quantitative estimate of drug-likeness (QED) is 0.854. The molecule has 0 spiro atoms. The Morgan fingerprint density at radius 3 is 3.00 bits per heavy atom. The second-order valence-electron chi connectivity index (χ2n) is 4.05. The summed E-state index contributed by atoms with van der Waals surface area (Å²) < 4.78 is 10.4. The molecule has 2 N–H and O–H groups in total. The molecule has 92 valence electrons. The standard InChI is InChI=1S/C12H11N3O3/c13-10(16)12-14-11(15-18-12)8-5-6-17-9-4-2-1-3-7(8)9/h1-4,8H,5-6H2,(H2,13,16)/t8-/m1/s1. The molecule has 1 aliphatic rings. The van der Waals surface area contributed by atoms with Crippen molar-refractivity contribution in [3.05, 3.63) is 41.5 Å². The van der Waals surface area contributed by atoms with Crippen LogP contribution in [0.1, 0.15) is 34.4 Å². The van der Waals surface area contributed by atoms with Crippen molar-refractivity contribution in [3.8, 4) is 5.75 Å². The van der Waals surface area contributed by atoms with Crippen LogP contribution in [0.3, 0.4) is 0 Å². The molecule has 1 aliphatic heterocycles. The molecule has 0 bridgehead atoms. The summed E-state index contributed by atoms with van der Waals surface area (Å²) in [5.74, 6) is 0.397. The Balaban J connectivity index is 2.00. The van der Waals surface area contributed by atoms with E-state index in [4.69, 9.17) is 15.0 Å². The molecule has 6 nitrogen and oxygen atoms in total. The fourth-order valence-corrected chi connectivity index (χ4v) is 2.09. The molecule has 3 rings (SSSR count). The van der Waals surface area contributed by atoms with E-state index >= 15 is 0 Å². The number of nitrogens with two attached hydrogens (primary N) is 1. The number of amides is 1. The average molecular weight is 245 g/mol. The van der Waals surface area contributed by atoms with Gasteiger partial charge < -0.3 is 15.0 Å². The predicted octanol–water partition coefficient (Wildman–Crippen LogP) is 1.08. The third-order valence-electron chi connectivity index (χ3n) is 2.92. The molecule has 0 fully saturated rings. The first-order valence-corrected chi connectivity index (χ1v) is 5.61. The first kappa shape index (κ1) is 10.8.